The number of carboxylic acids is 1. The van der Waals surface area contributed by atoms with E-state index in [0.29, 0.717) is 25.6 Å². The quantitative estimate of drug-likeness (QED) is 0.378. The van der Waals surface area contributed by atoms with Crippen LogP contribution < -0.4 is 14.8 Å². The van der Waals surface area contributed by atoms with Gasteiger partial charge in [0.25, 0.3) is 0 Å². The molecular weight excluding hydrogens is 462 g/mol. The number of nitrogens with one attached hydrogen (secondary N) is 1. The largest absolute Gasteiger partial charge is 0.486 e. The Kier molecular flexibility index (Phi) is 5.74. The van der Waals surface area contributed by atoms with Crippen LogP contribution in [-0.2, 0) is 19.3 Å². The number of anilines is 1. The normalized spacial score (nSPS) is 14.5. The van der Waals surface area contributed by atoms with Crippen molar-refractivity contribution in [1.29, 1.82) is 0 Å². The molecule has 2 N–H and O–H groups in total. The number of carboxylic acid groups (broad SMARTS) is 1. The van der Waals surface area contributed by atoms with Crippen molar-refractivity contribution in [3.8, 4) is 22.9 Å². The minimum atomic E-state index is -0.944. The molecule has 1 aliphatic carbocycles. The fourth-order valence-corrected chi connectivity index (χ4v) is 6.01. The highest BCUT2D eigenvalue weighted by Crippen LogP contribution is 2.39. The molecule has 0 saturated heterocycles. The first-order valence-electron chi connectivity index (χ1n) is 11.9. The van der Waals surface area contributed by atoms with Crippen LogP contribution in [0.4, 0.5) is 5.82 Å². The average molecular weight is 488 g/mol. The lowest BCUT2D eigenvalue weighted by atomic mass is 9.97. The van der Waals surface area contributed by atoms with Gasteiger partial charge in [-0.3, -0.25) is 0 Å². The smallest absolute Gasteiger partial charge is 0.335 e. The third kappa shape index (κ3) is 4.30. The third-order valence-corrected chi connectivity index (χ3v) is 7.70. The predicted octanol–water partition coefficient (Wildman–Crippen LogP) is 5.36. The van der Waals surface area contributed by atoms with Crippen LogP contribution in [0.15, 0.2) is 42.5 Å². The monoisotopic (exact) mass is 487 g/mol. The van der Waals surface area contributed by atoms with Gasteiger partial charge in [-0.1, -0.05) is 18.2 Å². The Bertz CT molecular complexity index is 1410. The molecule has 35 heavy (non-hydrogen) atoms. The molecule has 0 radical (unpaired) electrons. The minimum absolute atomic E-state index is 0.249. The highest BCUT2D eigenvalue weighted by Gasteiger charge is 2.22. The van der Waals surface area contributed by atoms with Gasteiger partial charge in [0, 0.05) is 17.0 Å². The lowest BCUT2D eigenvalue weighted by Gasteiger charge is -2.19. The molecule has 0 unspecified atom stereocenters. The van der Waals surface area contributed by atoms with E-state index in [2.05, 4.69) is 11.4 Å². The molecule has 8 heteroatoms. The molecule has 178 valence electrons. The summed E-state index contributed by atoms with van der Waals surface area (Å²) in [4.78, 5) is 23.5. The number of nitrogens with zero attached hydrogens (tertiary/aromatic N) is 2. The van der Waals surface area contributed by atoms with Gasteiger partial charge in [-0.2, -0.15) is 0 Å². The van der Waals surface area contributed by atoms with Gasteiger partial charge >= 0.3 is 5.97 Å². The van der Waals surface area contributed by atoms with Crippen molar-refractivity contribution >= 4 is 33.3 Å². The van der Waals surface area contributed by atoms with E-state index in [9.17, 15) is 9.90 Å². The van der Waals surface area contributed by atoms with Gasteiger partial charge in [0.05, 0.1) is 10.9 Å². The summed E-state index contributed by atoms with van der Waals surface area (Å²) in [6.07, 6.45) is 5.37. The maximum absolute atomic E-state index is 11.3. The Morgan fingerprint density at radius 3 is 2.63 bits per heavy atom. The molecular formula is C27H25N3O4S. The lowest BCUT2D eigenvalue weighted by Crippen LogP contribution is -2.15. The second kappa shape index (κ2) is 9.19. The van der Waals surface area contributed by atoms with E-state index < -0.39 is 5.97 Å². The summed E-state index contributed by atoms with van der Waals surface area (Å²) in [7, 11) is 0. The van der Waals surface area contributed by atoms with Crippen LogP contribution in [-0.4, -0.2) is 40.8 Å². The van der Waals surface area contributed by atoms with E-state index in [4.69, 9.17) is 19.4 Å². The number of rotatable bonds is 6. The maximum atomic E-state index is 11.3. The summed E-state index contributed by atoms with van der Waals surface area (Å²) >= 11 is 1.76. The van der Waals surface area contributed by atoms with Crippen LogP contribution in [0.25, 0.3) is 21.6 Å². The Labute approximate surface area is 206 Å². The summed E-state index contributed by atoms with van der Waals surface area (Å²) in [5, 5.41) is 13.9. The van der Waals surface area contributed by atoms with Crippen LogP contribution >= 0.6 is 11.3 Å². The molecule has 0 atom stereocenters. The molecule has 4 aromatic rings. The van der Waals surface area contributed by atoms with E-state index in [1.807, 2.05) is 12.1 Å². The number of hydrogen-bond donors (Lipinski definition) is 2. The number of aryl methyl sites for hydroxylation is 2. The van der Waals surface area contributed by atoms with Gasteiger partial charge in [0.2, 0.25) is 0 Å². The molecule has 2 aromatic heterocycles. The van der Waals surface area contributed by atoms with Crippen LogP contribution in [0.5, 0.6) is 11.5 Å². The Morgan fingerprint density at radius 1 is 1.00 bits per heavy atom. The van der Waals surface area contributed by atoms with Crippen molar-refractivity contribution in [1.82, 2.24) is 9.97 Å². The van der Waals surface area contributed by atoms with E-state index in [-0.39, 0.29) is 5.56 Å². The van der Waals surface area contributed by atoms with E-state index in [1.165, 1.54) is 28.8 Å². The van der Waals surface area contributed by atoms with Crippen molar-refractivity contribution in [3.05, 3.63) is 64.0 Å². The highest BCUT2D eigenvalue weighted by molar-refractivity contribution is 7.19. The fourth-order valence-electron chi connectivity index (χ4n) is 4.74. The zero-order valence-electron chi connectivity index (χ0n) is 19.2. The van der Waals surface area contributed by atoms with Gasteiger partial charge in [-0.25, -0.2) is 14.8 Å². The minimum Gasteiger partial charge on any atom is -0.486 e. The van der Waals surface area contributed by atoms with Gasteiger partial charge in [0.1, 0.15) is 23.9 Å². The molecule has 0 fully saturated rings. The average Bonchev–Trinajstić information content (AvgIpc) is 3.27. The Morgan fingerprint density at radius 2 is 1.80 bits per heavy atom. The first kappa shape index (κ1) is 21.9. The first-order valence-corrected chi connectivity index (χ1v) is 12.8. The third-order valence-electron chi connectivity index (χ3n) is 6.52. The molecule has 0 amide bonds. The van der Waals surface area contributed by atoms with Gasteiger partial charge in [0.15, 0.2) is 17.3 Å². The number of hydrogen-bond acceptors (Lipinski definition) is 7. The SMILES string of the molecule is O=C(O)c1ccc(-c2nc(NCCc3ccc4c(c3)OCCO4)c3c4c(sc3n2)CCCC4)cc1. The zero-order chi connectivity index (χ0) is 23.8. The molecule has 7 nitrogen and oxygen atoms in total. The van der Waals surface area contributed by atoms with E-state index >= 15 is 0 Å². The van der Waals surface area contributed by atoms with E-state index in [1.54, 1.807) is 35.6 Å². The summed E-state index contributed by atoms with van der Waals surface area (Å²) in [6, 6.07) is 12.8. The number of benzene rings is 2. The van der Waals surface area contributed by atoms with Crippen molar-refractivity contribution in [2.75, 3.05) is 25.1 Å². The van der Waals surface area contributed by atoms with Crippen molar-refractivity contribution in [2.24, 2.45) is 0 Å². The Balaban J connectivity index is 1.31. The van der Waals surface area contributed by atoms with Gasteiger partial charge in [-0.15, -0.1) is 11.3 Å². The topological polar surface area (TPSA) is 93.6 Å². The summed E-state index contributed by atoms with van der Waals surface area (Å²) in [5.41, 5.74) is 3.60. The number of carbonyl (C=O) groups is 1. The fraction of sp³-hybridized carbons (Fsp3) is 0.296. The molecule has 6 rings (SSSR count). The van der Waals surface area contributed by atoms with Gasteiger partial charge in [-0.05, 0) is 67.5 Å². The van der Waals surface area contributed by atoms with Crippen molar-refractivity contribution < 1.29 is 19.4 Å². The van der Waals surface area contributed by atoms with Crippen LogP contribution in [0.1, 0.15) is 39.2 Å². The molecule has 2 aromatic carbocycles. The molecule has 1 aliphatic heterocycles. The lowest BCUT2D eigenvalue weighted by molar-refractivity contribution is 0.0697. The highest BCUT2D eigenvalue weighted by atomic mass is 32.1. The van der Waals surface area contributed by atoms with E-state index in [0.717, 1.165) is 52.4 Å². The molecule has 0 saturated carbocycles. The summed E-state index contributed by atoms with van der Waals surface area (Å²) in [6.45, 7) is 1.88. The van der Waals surface area contributed by atoms with Crippen LogP contribution in [0, 0.1) is 0 Å². The predicted molar refractivity (Wildman–Crippen MR) is 136 cm³/mol. The molecule has 0 spiro atoms. The van der Waals surface area contributed by atoms with Crippen LogP contribution in [0.3, 0.4) is 0 Å². The van der Waals surface area contributed by atoms with Crippen molar-refractivity contribution in [2.45, 2.75) is 32.1 Å². The first-order chi connectivity index (χ1) is 17.2. The molecule has 0 bridgehead atoms. The second-order valence-corrected chi connectivity index (χ2v) is 9.91. The second-order valence-electron chi connectivity index (χ2n) is 8.82. The maximum Gasteiger partial charge on any atom is 0.335 e. The number of thiophene rings is 1. The van der Waals surface area contributed by atoms with Crippen LogP contribution in [0.2, 0.25) is 0 Å². The summed E-state index contributed by atoms with van der Waals surface area (Å²) < 4.78 is 11.4. The molecule has 2 aliphatic rings. The standard InChI is InChI=1S/C27H25N3O4S/c31-27(32)18-8-6-17(7-9-18)24-29-25(23-19-3-1-2-4-22(19)35-26(23)30-24)28-12-11-16-5-10-20-21(15-16)34-14-13-33-20/h5-10,15H,1-4,11-14H2,(H,31,32)(H,28,29,30). The Hall–Kier alpha value is -3.65. The molecule has 3 heterocycles. The van der Waals surface area contributed by atoms with Gasteiger partial charge < -0.3 is 19.9 Å². The summed E-state index contributed by atoms with van der Waals surface area (Å²) in [5.74, 6) is 2.12. The number of aromatic carboxylic acids is 1. The number of fused-ring (bicyclic) bond motifs is 4. The van der Waals surface area contributed by atoms with Crippen molar-refractivity contribution in [3.63, 3.8) is 0 Å². The number of aromatic nitrogens is 2. The zero-order valence-corrected chi connectivity index (χ0v) is 20.0. The number of ether oxygens (including phenoxy) is 2.